The van der Waals surface area contributed by atoms with Crippen molar-refractivity contribution in [2.45, 2.75) is 50.1 Å². The maximum Gasteiger partial charge on any atom is 0.339 e. The van der Waals surface area contributed by atoms with Crippen LogP contribution in [0.4, 0.5) is 4.39 Å². The number of nitrogens with zero attached hydrogens (tertiary/aromatic N) is 4. The van der Waals surface area contributed by atoms with Crippen molar-refractivity contribution in [1.82, 2.24) is 19.9 Å². The van der Waals surface area contributed by atoms with Crippen LogP contribution in [0.2, 0.25) is 5.02 Å². The van der Waals surface area contributed by atoms with Gasteiger partial charge in [0.2, 0.25) is 0 Å². The van der Waals surface area contributed by atoms with Gasteiger partial charge in [-0.05, 0) is 31.5 Å². The number of aliphatic hydroxyl groups excluding tert-OH is 1. The highest BCUT2D eigenvalue weighted by Gasteiger charge is 2.54. The van der Waals surface area contributed by atoms with E-state index < -0.39 is 48.0 Å². The molecular formula is C26H26ClFN4O7S. The van der Waals surface area contributed by atoms with E-state index in [0.29, 0.717) is 5.01 Å². The molecule has 2 aliphatic rings. The highest BCUT2D eigenvalue weighted by Crippen LogP contribution is 2.39. The molecule has 40 heavy (non-hydrogen) atoms. The van der Waals surface area contributed by atoms with Crippen LogP contribution in [0.25, 0.3) is 22.1 Å². The van der Waals surface area contributed by atoms with Gasteiger partial charge in [-0.15, -0.1) is 11.3 Å². The smallest absolute Gasteiger partial charge is 0.339 e. The van der Waals surface area contributed by atoms with Gasteiger partial charge in [0.05, 0.1) is 48.7 Å². The molecule has 212 valence electrons. The molecule has 5 rings (SSSR count). The summed E-state index contributed by atoms with van der Waals surface area (Å²) in [6.07, 6.45) is -0.246. The number of carbonyl (C=O) groups excluding carboxylic acids is 1. The fourth-order valence-electron chi connectivity index (χ4n) is 5.33. The van der Waals surface area contributed by atoms with Gasteiger partial charge in [0.25, 0.3) is 0 Å². The van der Waals surface area contributed by atoms with Crippen LogP contribution in [-0.2, 0) is 20.8 Å². The summed E-state index contributed by atoms with van der Waals surface area (Å²) in [6.45, 7) is 1.95. The van der Waals surface area contributed by atoms with Gasteiger partial charge in [0.1, 0.15) is 23.1 Å². The van der Waals surface area contributed by atoms with Crippen LogP contribution in [0.5, 0.6) is 0 Å². The number of benzene rings is 1. The molecule has 11 nitrogen and oxygen atoms in total. The maximum absolute atomic E-state index is 13.8. The van der Waals surface area contributed by atoms with Crippen molar-refractivity contribution in [3.63, 3.8) is 0 Å². The number of hydrogen-bond donors (Lipinski definition) is 3. The zero-order chi connectivity index (χ0) is 28.6. The van der Waals surface area contributed by atoms with Crippen molar-refractivity contribution in [1.29, 1.82) is 0 Å². The summed E-state index contributed by atoms with van der Waals surface area (Å²) in [4.78, 5) is 39.9. The zero-order valence-corrected chi connectivity index (χ0v) is 22.9. The number of aliphatic hydroxyl groups is 2. The summed E-state index contributed by atoms with van der Waals surface area (Å²) in [6, 6.07) is 2.33. The molecule has 2 aliphatic heterocycles. The zero-order valence-electron chi connectivity index (χ0n) is 21.3. The number of piperidine rings is 1. The van der Waals surface area contributed by atoms with E-state index >= 15 is 0 Å². The average Bonchev–Trinajstić information content (AvgIpc) is 3.43. The van der Waals surface area contributed by atoms with E-state index in [-0.39, 0.29) is 66.1 Å². The number of fused-ring (bicyclic) bond motifs is 2. The van der Waals surface area contributed by atoms with E-state index in [1.165, 1.54) is 17.4 Å². The number of thiazole rings is 1. The minimum absolute atomic E-state index is 0.00881. The van der Waals surface area contributed by atoms with E-state index in [1.54, 1.807) is 18.5 Å². The summed E-state index contributed by atoms with van der Waals surface area (Å²) in [7, 11) is 0. The van der Waals surface area contributed by atoms with Crippen LogP contribution in [0.3, 0.4) is 0 Å². The highest BCUT2D eigenvalue weighted by atomic mass is 35.5. The third-order valence-electron chi connectivity index (χ3n) is 7.09. The Morgan fingerprint density at radius 2 is 2.12 bits per heavy atom. The van der Waals surface area contributed by atoms with E-state index in [9.17, 15) is 29.3 Å². The normalized spacial score (nSPS) is 24.6. The third-order valence-corrected chi connectivity index (χ3v) is 8.18. The predicted molar refractivity (Wildman–Crippen MR) is 141 cm³/mol. The Morgan fingerprint density at radius 3 is 2.80 bits per heavy atom. The Balaban J connectivity index is 1.58. The van der Waals surface area contributed by atoms with Crippen molar-refractivity contribution in [2.75, 3.05) is 19.8 Å². The molecule has 1 aromatic carbocycles. The van der Waals surface area contributed by atoms with Gasteiger partial charge in [-0.2, -0.15) is 0 Å². The topological polar surface area (TPSA) is 155 Å². The van der Waals surface area contributed by atoms with Crippen LogP contribution in [0.1, 0.15) is 35.8 Å². The highest BCUT2D eigenvalue weighted by molar-refractivity contribution is 7.13. The number of halogens is 2. The Morgan fingerprint density at radius 1 is 1.32 bits per heavy atom. The Hall–Kier alpha value is -3.07. The van der Waals surface area contributed by atoms with Crippen LogP contribution in [0, 0.1) is 5.82 Å². The standard InChI is InChI=1S/C26H26ClFN4O7S/c1-2-39-19(33)9-26(37)8-14-11-38-12-18(22(26)34)32(14)10-17-20(25(35)36)21(15-4-3-13(28)7-16(15)27)31-23(30-17)24-29-5-6-40-24/h3-7,14,18,22,34,37H,2,8-12H2,1H3,(H,35,36). The second-order valence-electron chi connectivity index (χ2n) is 9.65. The molecule has 0 amide bonds. The van der Waals surface area contributed by atoms with Crippen molar-refractivity contribution in [2.24, 2.45) is 0 Å². The third kappa shape index (κ3) is 5.45. The molecular weight excluding hydrogens is 567 g/mol. The molecule has 4 unspecified atom stereocenters. The lowest BCUT2D eigenvalue weighted by molar-refractivity contribution is -0.215. The van der Waals surface area contributed by atoms with E-state index in [4.69, 9.17) is 21.1 Å². The number of aromatic carboxylic acids is 1. The number of hydrogen-bond acceptors (Lipinski definition) is 11. The molecule has 0 spiro atoms. The Bertz CT molecular complexity index is 1430. The summed E-state index contributed by atoms with van der Waals surface area (Å²) in [5.41, 5.74) is -1.68. The number of carboxylic acid groups (broad SMARTS) is 1. The molecule has 2 fully saturated rings. The number of carbonyl (C=O) groups is 2. The molecule has 2 aromatic heterocycles. The Kier molecular flexibility index (Phi) is 8.13. The number of ether oxygens (including phenoxy) is 2. The maximum atomic E-state index is 13.8. The summed E-state index contributed by atoms with van der Waals surface area (Å²) >= 11 is 7.58. The fourth-order valence-corrected chi connectivity index (χ4v) is 6.16. The van der Waals surface area contributed by atoms with Crippen molar-refractivity contribution in [3.05, 3.63) is 51.9 Å². The minimum Gasteiger partial charge on any atom is -0.478 e. The summed E-state index contributed by atoms with van der Waals surface area (Å²) in [5, 5.41) is 34.9. The molecule has 3 aromatic rings. The SMILES string of the molecule is CCOC(=O)CC1(O)CC2COCC(C1O)N2Cc1nc(-c2nccs2)nc(-c2ccc(F)cc2Cl)c1C(=O)O. The van der Waals surface area contributed by atoms with Crippen LogP contribution < -0.4 is 0 Å². The molecule has 3 N–H and O–H groups in total. The van der Waals surface area contributed by atoms with Gasteiger partial charge in [0, 0.05) is 29.7 Å². The average molecular weight is 593 g/mol. The van der Waals surface area contributed by atoms with Gasteiger partial charge >= 0.3 is 11.9 Å². The first kappa shape index (κ1) is 28.5. The second kappa shape index (κ2) is 11.4. The Labute approximate surface area is 237 Å². The largest absolute Gasteiger partial charge is 0.478 e. The van der Waals surface area contributed by atoms with Crippen molar-refractivity contribution >= 4 is 34.9 Å². The van der Waals surface area contributed by atoms with Crippen LogP contribution >= 0.6 is 22.9 Å². The number of aromatic nitrogens is 3. The van der Waals surface area contributed by atoms with Gasteiger partial charge < -0.3 is 24.8 Å². The second-order valence-corrected chi connectivity index (χ2v) is 11.0. The summed E-state index contributed by atoms with van der Waals surface area (Å²) < 4.78 is 24.5. The quantitative estimate of drug-likeness (QED) is 0.331. The first-order valence-corrected chi connectivity index (χ1v) is 13.8. The number of morpholine rings is 1. The predicted octanol–water partition coefficient (Wildman–Crippen LogP) is 2.78. The molecule has 0 radical (unpaired) electrons. The lowest BCUT2D eigenvalue weighted by Crippen LogP contribution is -2.69. The molecule has 4 heterocycles. The molecule has 14 heteroatoms. The molecule has 4 atom stereocenters. The molecule has 2 bridgehead atoms. The molecule has 0 saturated carbocycles. The first-order valence-electron chi connectivity index (χ1n) is 12.5. The van der Waals surface area contributed by atoms with E-state index in [0.717, 1.165) is 12.1 Å². The number of esters is 1. The minimum atomic E-state index is -1.75. The number of rotatable bonds is 8. The van der Waals surface area contributed by atoms with Gasteiger partial charge in [-0.1, -0.05) is 11.6 Å². The monoisotopic (exact) mass is 592 g/mol. The van der Waals surface area contributed by atoms with E-state index in [1.807, 2.05) is 4.90 Å². The van der Waals surface area contributed by atoms with Gasteiger partial charge in [0.15, 0.2) is 10.8 Å². The van der Waals surface area contributed by atoms with Crippen molar-refractivity contribution in [3.8, 4) is 22.1 Å². The van der Waals surface area contributed by atoms with Crippen LogP contribution in [-0.4, -0.2) is 90.7 Å². The number of carboxylic acids is 1. The fraction of sp³-hybridized carbons (Fsp3) is 0.423. The first-order chi connectivity index (χ1) is 19.1. The van der Waals surface area contributed by atoms with Gasteiger partial charge in [-0.25, -0.2) is 24.1 Å². The van der Waals surface area contributed by atoms with Crippen LogP contribution in [0.15, 0.2) is 29.8 Å². The molecule has 2 saturated heterocycles. The molecule has 0 aliphatic carbocycles. The van der Waals surface area contributed by atoms with Gasteiger partial charge in [-0.3, -0.25) is 9.69 Å². The summed E-state index contributed by atoms with van der Waals surface area (Å²) in [5.74, 6) is -2.39. The van der Waals surface area contributed by atoms with Crippen molar-refractivity contribution < 1.29 is 38.8 Å². The lowest BCUT2D eigenvalue weighted by Gasteiger charge is -2.54. The lowest BCUT2D eigenvalue weighted by atomic mass is 9.76. The van der Waals surface area contributed by atoms with E-state index in [2.05, 4.69) is 15.0 Å².